The van der Waals surface area contributed by atoms with Gasteiger partial charge in [0, 0.05) is 12.5 Å². The van der Waals surface area contributed by atoms with E-state index in [2.05, 4.69) is 64.3 Å². The normalized spacial score (nSPS) is 16.0. The van der Waals surface area contributed by atoms with Crippen molar-refractivity contribution in [3.8, 4) is 0 Å². The topological polar surface area (TPSA) is 34.9 Å². The zero-order valence-electron chi connectivity index (χ0n) is 17.7. The van der Waals surface area contributed by atoms with Crippen LogP contribution in [0.4, 0.5) is 0 Å². The Hall–Kier alpha value is -1.64. The lowest BCUT2D eigenvalue weighted by Gasteiger charge is -2.28. The molecule has 0 N–H and O–H groups in total. The smallest absolute Gasteiger partial charge is 0.130 e. The van der Waals surface area contributed by atoms with Gasteiger partial charge in [0.05, 0.1) is 11.0 Å². The molecule has 1 aliphatic rings. The van der Waals surface area contributed by atoms with Crippen LogP contribution in [-0.4, -0.2) is 15.3 Å². The minimum absolute atomic E-state index is 0.172. The first-order chi connectivity index (χ1) is 12.1. The fourth-order valence-electron chi connectivity index (χ4n) is 3.63. The summed E-state index contributed by atoms with van der Waals surface area (Å²) in [6.07, 6.45) is 5.89. The van der Waals surface area contributed by atoms with Gasteiger partial charge < -0.3 is 9.36 Å². The Bertz CT molecular complexity index is 747. The number of imidazole rings is 1. The maximum atomic E-state index is 10.5. The Morgan fingerprint density at radius 3 is 2.38 bits per heavy atom. The number of ketones is 1. The van der Waals surface area contributed by atoms with Crippen molar-refractivity contribution in [3.05, 3.63) is 29.6 Å². The van der Waals surface area contributed by atoms with Gasteiger partial charge >= 0.3 is 0 Å². The van der Waals surface area contributed by atoms with Crippen molar-refractivity contribution in [2.24, 2.45) is 5.41 Å². The van der Waals surface area contributed by atoms with Gasteiger partial charge in [0.1, 0.15) is 11.6 Å². The molecule has 0 spiro atoms. The molecule has 1 heterocycles. The summed E-state index contributed by atoms with van der Waals surface area (Å²) >= 11 is 0. The Kier molecular flexibility index (Phi) is 6.65. The summed E-state index contributed by atoms with van der Waals surface area (Å²) < 4.78 is 2.46. The van der Waals surface area contributed by atoms with E-state index in [4.69, 9.17) is 4.98 Å². The highest BCUT2D eigenvalue weighted by Gasteiger charge is 2.23. The summed E-state index contributed by atoms with van der Waals surface area (Å²) in [6.45, 7) is 14.5. The summed E-state index contributed by atoms with van der Waals surface area (Å²) in [7, 11) is 0. The van der Waals surface area contributed by atoms with Crippen LogP contribution in [0.2, 0.25) is 0 Å². The third-order valence-electron chi connectivity index (χ3n) is 5.29. The molecule has 1 unspecified atom stereocenters. The molecule has 1 atom stereocenters. The number of nitrogens with zero attached hydrogens (tertiary/aromatic N) is 2. The van der Waals surface area contributed by atoms with Gasteiger partial charge in [0.2, 0.25) is 0 Å². The van der Waals surface area contributed by atoms with Gasteiger partial charge in [0.25, 0.3) is 0 Å². The van der Waals surface area contributed by atoms with Crippen molar-refractivity contribution in [2.75, 3.05) is 0 Å². The lowest BCUT2D eigenvalue weighted by Crippen LogP contribution is -2.18. The molecule has 3 nitrogen and oxygen atoms in total. The Labute approximate surface area is 159 Å². The standard InChI is InChI=1S/C16H22N2.C7H14O/c1-4-11(2)13-8-9-15-16(10-13)18(12(3)17-15)14-6-5-7-14;1-6(8)5-7(2,3)4/h8-11,14H,4-7H2,1-3H3;5H2,1-4H3. The molecule has 0 radical (unpaired) electrons. The SMILES string of the molecule is CC(=O)CC(C)(C)C.CCC(C)c1ccc2nc(C)n(C3CCC3)c2c1. The number of hydrogen-bond acceptors (Lipinski definition) is 2. The van der Waals surface area contributed by atoms with Crippen molar-refractivity contribution >= 4 is 16.8 Å². The van der Waals surface area contributed by atoms with Gasteiger partial charge in [0.15, 0.2) is 0 Å². The molecule has 1 saturated carbocycles. The predicted molar refractivity (Wildman–Crippen MR) is 111 cm³/mol. The summed E-state index contributed by atoms with van der Waals surface area (Å²) in [5, 5.41) is 0. The van der Waals surface area contributed by atoms with Crippen LogP contribution in [-0.2, 0) is 4.79 Å². The molecule has 1 fully saturated rings. The predicted octanol–water partition coefficient (Wildman–Crippen LogP) is 6.59. The fraction of sp³-hybridized carbons (Fsp3) is 0.652. The molecule has 2 aromatic rings. The van der Waals surface area contributed by atoms with Crippen molar-refractivity contribution in [2.45, 2.75) is 92.5 Å². The molecule has 0 amide bonds. The van der Waals surface area contributed by atoms with Gasteiger partial charge in [-0.3, -0.25) is 0 Å². The second-order valence-electron chi connectivity index (χ2n) is 9.11. The number of carbonyl (C=O) groups excluding carboxylic acids is 1. The number of Topliss-reactive ketones (excluding diaryl/α,β-unsaturated/α-hetero) is 1. The first kappa shape index (κ1) is 20.7. The lowest BCUT2D eigenvalue weighted by atomic mass is 9.91. The number of benzene rings is 1. The number of carbonyl (C=O) groups is 1. The molecular formula is C23H36N2O. The number of aromatic nitrogens is 2. The largest absolute Gasteiger partial charge is 0.325 e. The van der Waals surface area contributed by atoms with Crippen LogP contribution < -0.4 is 0 Å². The molecule has 144 valence electrons. The van der Waals surface area contributed by atoms with E-state index in [-0.39, 0.29) is 11.2 Å². The van der Waals surface area contributed by atoms with E-state index in [0.29, 0.717) is 18.4 Å². The van der Waals surface area contributed by atoms with Crippen LogP contribution in [0.1, 0.15) is 97.0 Å². The Morgan fingerprint density at radius 2 is 1.96 bits per heavy atom. The highest BCUT2D eigenvalue weighted by Crippen LogP contribution is 2.36. The summed E-state index contributed by atoms with van der Waals surface area (Å²) in [6, 6.07) is 7.50. The quantitative estimate of drug-likeness (QED) is 0.619. The Morgan fingerprint density at radius 1 is 1.31 bits per heavy atom. The zero-order chi connectivity index (χ0) is 19.5. The van der Waals surface area contributed by atoms with E-state index >= 15 is 0 Å². The van der Waals surface area contributed by atoms with Crippen molar-refractivity contribution in [1.82, 2.24) is 9.55 Å². The molecule has 3 heteroatoms. The maximum absolute atomic E-state index is 10.5. The molecule has 1 aromatic carbocycles. The van der Waals surface area contributed by atoms with E-state index in [1.54, 1.807) is 6.92 Å². The molecule has 3 rings (SSSR count). The van der Waals surface area contributed by atoms with Gasteiger partial charge in [-0.25, -0.2) is 4.98 Å². The molecule has 0 bridgehead atoms. The number of rotatable bonds is 4. The second kappa shape index (κ2) is 8.37. The third-order valence-corrected chi connectivity index (χ3v) is 5.29. The molecule has 1 aromatic heterocycles. The minimum atomic E-state index is 0.172. The number of aryl methyl sites for hydroxylation is 1. The van der Waals surface area contributed by atoms with E-state index in [9.17, 15) is 4.79 Å². The van der Waals surface area contributed by atoms with Gasteiger partial charge in [-0.2, -0.15) is 0 Å². The first-order valence-corrected chi connectivity index (χ1v) is 10.1. The van der Waals surface area contributed by atoms with Crippen molar-refractivity contribution in [3.63, 3.8) is 0 Å². The number of hydrogen-bond donors (Lipinski definition) is 0. The van der Waals surface area contributed by atoms with Crippen LogP contribution in [0.15, 0.2) is 18.2 Å². The molecule has 26 heavy (non-hydrogen) atoms. The third kappa shape index (κ3) is 5.18. The van der Waals surface area contributed by atoms with E-state index in [0.717, 1.165) is 5.52 Å². The molecule has 0 saturated heterocycles. The lowest BCUT2D eigenvalue weighted by molar-refractivity contribution is -0.118. The summed E-state index contributed by atoms with van der Waals surface area (Å²) in [4.78, 5) is 15.2. The van der Waals surface area contributed by atoms with Crippen LogP contribution in [0, 0.1) is 12.3 Å². The van der Waals surface area contributed by atoms with E-state index in [1.165, 1.54) is 42.6 Å². The van der Waals surface area contributed by atoms with Crippen molar-refractivity contribution < 1.29 is 4.79 Å². The zero-order valence-corrected chi connectivity index (χ0v) is 17.7. The van der Waals surface area contributed by atoms with Crippen molar-refractivity contribution in [1.29, 1.82) is 0 Å². The van der Waals surface area contributed by atoms with Crippen LogP contribution in [0.25, 0.3) is 11.0 Å². The Balaban J connectivity index is 0.000000260. The first-order valence-electron chi connectivity index (χ1n) is 10.1. The second-order valence-corrected chi connectivity index (χ2v) is 9.11. The number of fused-ring (bicyclic) bond motifs is 1. The average Bonchev–Trinajstić information content (AvgIpc) is 2.79. The van der Waals surface area contributed by atoms with E-state index in [1.807, 2.05) is 0 Å². The highest BCUT2D eigenvalue weighted by molar-refractivity contribution is 5.77. The summed E-state index contributed by atoms with van der Waals surface area (Å²) in [5.41, 5.74) is 4.12. The summed E-state index contributed by atoms with van der Waals surface area (Å²) in [5.74, 6) is 2.09. The molecule has 1 aliphatic carbocycles. The average molecular weight is 357 g/mol. The van der Waals surface area contributed by atoms with Crippen LogP contribution in [0.3, 0.4) is 0 Å². The molecular weight excluding hydrogens is 320 g/mol. The maximum Gasteiger partial charge on any atom is 0.130 e. The highest BCUT2D eigenvalue weighted by atomic mass is 16.1. The fourth-order valence-corrected chi connectivity index (χ4v) is 3.63. The monoisotopic (exact) mass is 356 g/mol. The van der Waals surface area contributed by atoms with Gasteiger partial charge in [-0.15, -0.1) is 0 Å². The minimum Gasteiger partial charge on any atom is -0.325 e. The van der Waals surface area contributed by atoms with Gasteiger partial charge in [-0.05, 0) is 68.6 Å². The van der Waals surface area contributed by atoms with E-state index < -0.39 is 0 Å². The molecule has 0 aliphatic heterocycles. The van der Waals surface area contributed by atoms with Crippen LogP contribution >= 0.6 is 0 Å². The van der Waals surface area contributed by atoms with Gasteiger partial charge in [-0.1, -0.05) is 40.7 Å². The van der Waals surface area contributed by atoms with Crippen LogP contribution in [0.5, 0.6) is 0 Å².